The van der Waals surface area contributed by atoms with Crippen molar-refractivity contribution in [3.05, 3.63) is 65.7 Å². The van der Waals surface area contributed by atoms with Gasteiger partial charge in [-0.1, -0.05) is 58.1 Å². The van der Waals surface area contributed by atoms with Crippen molar-refractivity contribution in [2.45, 2.75) is 13.0 Å². The molecule has 0 saturated carbocycles. The molecule has 0 aliphatic carbocycles. The number of halogens is 1. The molecule has 0 N–H and O–H groups in total. The molecule has 1 nitrogen and oxygen atoms in total. The van der Waals surface area contributed by atoms with Crippen LogP contribution in [0.1, 0.15) is 17.5 Å². The topological polar surface area (TPSA) is 9.23 Å². The first kappa shape index (κ1) is 13.7. The molecule has 0 aliphatic heterocycles. The van der Waals surface area contributed by atoms with Crippen LogP contribution in [0.3, 0.4) is 0 Å². The maximum Gasteiger partial charge on any atom is 0.119 e. The summed E-state index contributed by atoms with van der Waals surface area (Å²) in [5.74, 6) is 7.07. The van der Waals surface area contributed by atoms with Gasteiger partial charge in [-0.2, -0.15) is 0 Å². The smallest absolute Gasteiger partial charge is 0.119 e. The molecule has 19 heavy (non-hydrogen) atoms. The van der Waals surface area contributed by atoms with Gasteiger partial charge < -0.3 is 4.74 Å². The lowest BCUT2D eigenvalue weighted by molar-refractivity contribution is 0.306. The van der Waals surface area contributed by atoms with Gasteiger partial charge in [0.25, 0.3) is 0 Å². The zero-order valence-corrected chi connectivity index (χ0v) is 12.2. The number of hydrogen-bond donors (Lipinski definition) is 0. The molecule has 2 heteroatoms. The summed E-state index contributed by atoms with van der Waals surface area (Å²) in [6.07, 6.45) is 0.867. The van der Waals surface area contributed by atoms with Crippen molar-refractivity contribution in [1.29, 1.82) is 0 Å². The maximum atomic E-state index is 5.72. The summed E-state index contributed by atoms with van der Waals surface area (Å²) >= 11 is 3.35. The monoisotopic (exact) mass is 314 g/mol. The summed E-state index contributed by atoms with van der Waals surface area (Å²) in [4.78, 5) is 0. The fourth-order valence-electron chi connectivity index (χ4n) is 1.59. The SMILES string of the molecule is BrCCC#Cc1ccc(OCc2ccccc2)cc1. The van der Waals surface area contributed by atoms with Gasteiger partial charge in [0, 0.05) is 17.3 Å². The molecule has 0 radical (unpaired) electrons. The minimum Gasteiger partial charge on any atom is -0.489 e. The van der Waals surface area contributed by atoms with Crippen LogP contribution in [0, 0.1) is 11.8 Å². The van der Waals surface area contributed by atoms with Crippen LogP contribution in [-0.2, 0) is 6.61 Å². The summed E-state index contributed by atoms with van der Waals surface area (Å²) in [5.41, 5.74) is 2.19. The fourth-order valence-corrected chi connectivity index (χ4v) is 1.79. The van der Waals surface area contributed by atoms with E-state index < -0.39 is 0 Å². The van der Waals surface area contributed by atoms with Gasteiger partial charge in [-0.25, -0.2) is 0 Å². The van der Waals surface area contributed by atoms with Gasteiger partial charge in [0.05, 0.1) is 0 Å². The molecule has 0 saturated heterocycles. The van der Waals surface area contributed by atoms with Crippen molar-refractivity contribution in [3.63, 3.8) is 0 Å². The number of rotatable bonds is 4. The lowest BCUT2D eigenvalue weighted by atomic mass is 10.2. The first-order valence-corrected chi connectivity index (χ1v) is 7.32. The molecule has 96 valence electrons. The quantitative estimate of drug-likeness (QED) is 0.600. The molecule has 0 aromatic heterocycles. The highest BCUT2D eigenvalue weighted by Crippen LogP contribution is 2.13. The fraction of sp³-hybridized carbons (Fsp3) is 0.176. The van der Waals surface area contributed by atoms with E-state index in [0.29, 0.717) is 6.61 Å². The van der Waals surface area contributed by atoms with Crippen molar-refractivity contribution in [1.82, 2.24) is 0 Å². The lowest BCUT2D eigenvalue weighted by Crippen LogP contribution is -1.94. The van der Waals surface area contributed by atoms with Gasteiger partial charge in [-0.3, -0.25) is 0 Å². The van der Waals surface area contributed by atoms with E-state index >= 15 is 0 Å². The van der Waals surface area contributed by atoms with E-state index in [1.807, 2.05) is 42.5 Å². The minimum atomic E-state index is 0.593. The van der Waals surface area contributed by atoms with Crippen molar-refractivity contribution >= 4 is 15.9 Å². The van der Waals surface area contributed by atoms with Gasteiger partial charge in [-0.05, 0) is 29.8 Å². The Labute approximate surface area is 122 Å². The van der Waals surface area contributed by atoms with Gasteiger partial charge in [-0.15, -0.1) is 0 Å². The Morgan fingerprint density at radius 3 is 2.37 bits per heavy atom. The van der Waals surface area contributed by atoms with Gasteiger partial charge in [0.1, 0.15) is 12.4 Å². The van der Waals surface area contributed by atoms with Crippen LogP contribution in [0.25, 0.3) is 0 Å². The Kier molecular flexibility index (Phi) is 5.52. The highest BCUT2D eigenvalue weighted by molar-refractivity contribution is 9.09. The molecule has 0 aliphatic rings. The highest BCUT2D eigenvalue weighted by atomic mass is 79.9. The summed E-state index contributed by atoms with van der Waals surface area (Å²) in [5, 5.41) is 0.915. The van der Waals surface area contributed by atoms with Crippen molar-refractivity contribution in [2.24, 2.45) is 0 Å². The van der Waals surface area contributed by atoms with Crippen LogP contribution < -0.4 is 4.74 Å². The molecule has 2 aromatic rings. The predicted molar refractivity (Wildman–Crippen MR) is 82.5 cm³/mol. The molecule has 0 amide bonds. The van der Waals surface area contributed by atoms with E-state index in [1.54, 1.807) is 0 Å². The molecule has 0 unspecified atom stereocenters. The second-order valence-corrected chi connectivity index (χ2v) is 4.83. The van der Waals surface area contributed by atoms with Crippen LogP contribution in [0.15, 0.2) is 54.6 Å². The summed E-state index contributed by atoms with van der Waals surface area (Å²) in [7, 11) is 0. The molecule has 0 spiro atoms. The van der Waals surface area contributed by atoms with Gasteiger partial charge in [0.15, 0.2) is 0 Å². The van der Waals surface area contributed by atoms with E-state index in [4.69, 9.17) is 4.74 Å². The number of hydrogen-bond acceptors (Lipinski definition) is 1. The number of ether oxygens (including phenoxy) is 1. The van der Waals surface area contributed by atoms with Gasteiger partial charge >= 0.3 is 0 Å². The maximum absolute atomic E-state index is 5.72. The first-order chi connectivity index (χ1) is 9.38. The van der Waals surface area contributed by atoms with Crippen LogP contribution in [0.5, 0.6) is 5.75 Å². The Balaban J connectivity index is 1.91. The zero-order valence-electron chi connectivity index (χ0n) is 10.6. The molecule has 0 atom stereocenters. The van der Waals surface area contributed by atoms with Crippen molar-refractivity contribution in [2.75, 3.05) is 5.33 Å². The number of alkyl halides is 1. The van der Waals surface area contributed by atoms with E-state index in [1.165, 1.54) is 5.56 Å². The second kappa shape index (κ2) is 7.66. The van der Waals surface area contributed by atoms with Crippen LogP contribution in [0.2, 0.25) is 0 Å². The Bertz CT molecular complexity index is 549. The van der Waals surface area contributed by atoms with Gasteiger partial charge in [0.2, 0.25) is 0 Å². The predicted octanol–water partition coefficient (Wildman–Crippen LogP) is 4.40. The van der Waals surface area contributed by atoms with E-state index in [-0.39, 0.29) is 0 Å². The highest BCUT2D eigenvalue weighted by Gasteiger charge is 1.95. The molecule has 0 fully saturated rings. The van der Waals surface area contributed by atoms with E-state index in [9.17, 15) is 0 Å². The molecular formula is C17H15BrO. The summed E-state index contributed by atoms with van der Waals surface area (Å²) in [6.45, 7) is 0.593. The van der Waals surface area contributed by atoms with Crippen molar-refractivity contribution in [3.8, 4) is 17.6 Å². The Hall–Kier alpha value is -1.72. The largest absolute Gasteiger partial charge is 0.489 e. The molecular weight excluding hydrogens is 300 g/mol. The Morgan fingerprint density at radius 1 is 0.947 bits per heavy atom. The molecule has 0 heterocycles. The Morgan fingerprint density at radius 2 is 1.68 bits per heavy atom. The lowest BCUT2D eigenvalue weighted by Gasteiger charge is -2.05. The second-order valence-electron chi connectivity index (χ2n) is 4.04. The number of benzene rings is 2. The average molecular weight is 315 g/mol. The zero-order chi connectivity index (χ0) is 13.3. The van der Waals surface area contributed by atoms with Crippen LogP contribution >= 0.6 is 15.9 Å². The molecule has 2 rings (SSSR count). The first-order valence-electron chi connectivity index (χ1n) is 6.20. The van der Waals surface area contributed by atoms with E-state index in [2.05, 4.69) is 39.9 Å². The van der Waals surface area contributed by atoms with Crippen LogP contribution in [0.4, 0.5) is 0 Å². The molecule has 0 bridgehead atoms. The average Bonchev–Trinajstić information content (AvgIpc) is 2.48. The summed E-state index contributed by atoms with van der Waals surface area (Å²) < 4.78 is 5.72. The molecule has 2 aromatic carbocycles. The normalized spacial score (nSPS) is 9.53. The third-order valence-electron chi connectivity index (χ3n) is 2.55. The third-order valence-corrected chi connectivity index (χ3v) is 2.95. The van der Waals surface area contributed by atoms with Crippen LogP contribution in [-0.4, -0.2) is 5.33 Å². The summed E-state index contributed by atoms with van der Waals surface area (Å²) in [6, 6.07) is 18.0. The third kappa shape index (κ3) is 4.81. The van der Waals surface area contributed by atoms with Crippen molar-refractivity contribution < 1.29 is 4.74 Å². The standard InChI is InChI=1S/C17H15BrO/c18-13-5-4-6-15-9-11-17(12-10-15)19-14-16-7-2-1-3-8-16/h1-3,7-12H,5,13-14H2. The minimum absolute atomic E-state index is 0.593. The van der Waals surface area contributed by atoms with E-state index in [0.717, 1.165) is 23.1 Å².